The number of fused-ring (bicyclic) bond motifs is 1. The summed E-state index contributed by atoms with van der Waals surface area (Å²) >= 11 is 0. The van der Waals surface area contributed by atoms with Gasteiger partial charge in [-0.1, -0.05) is 42.5 Å². The predicted molar refractivity (Wildman–Crippen MR) is 120 cm³/mol. The molecular weight excluding hydrogens is 398 g/mol. The summed E-state index contributed by atoms with van der Waals surface area (Å²) in [5.41, 5.74) is 4.84. The largest absolute Gasteiger partial charge is 0.379 e. The van der Waals surface area contributed by atoms with Crippen LogP contribution in [-0.2, 0) is 27.6 Å². The number of aryl methyl sites for hydroxylation is 1. The van der Waals surface area contributed by atoms with Crippen LogP contribution < -0.4 is 9.62 Å². The molecule has 0 amide bonds. The molecule has 2 aromatic rings. The lowest BCUT2D eigenvalue weighted by Crippen LogP contribution is -2.44. The number of sulfonamides is 1. The molecule has 0 bridgehead atoms. The topological polar surface area (TPSA) is 61.9 Å². The fourth-order valence-electron chi connectivity index (χ4n) is 4.32. The minimum Gasteiger partial charge on any atom is -0.379 e. The third kappa shape index (κ3) is 5.21. The average molecular weight is 430 g/mol. The zero-order valence-electron chi connectivity index (χ0n) is 17.6. The van der Waals surface area contributed by atoms with Crippen LogP contribution in [0.4, 0.5) is 5.69 Å². The van der Waals surface area contributed by atoms with E-state index in [4.69, 9.17) is 4.74 Å². The summed E-state index contributed by atoms with van der Waals surface area (Å²) in [5, 5.41) is 0. The number of hydrogen-bond donors (Lipinski definition) is 1. The van der Waals surface area contributed by atoms with Gasteiger partial charge in [-0.3, -0.25) is 4.90 Å². The van der Waals surface area contributed by atoms with Gasteiger partial charge < -0.3 is 9.64 Å². The summed E-state index contributed by atoms with van der Waals surface area (Å²) in [6.45, 7) is 4.41. The number of nitrogens with one attached hydrogen (secondary N) is 1. The number of ether oxygens (including phenoxy) is 1. The summed E-state index contributed by atoms with van der Waals surface area (Å²) in [6.07, 6.45) is 1.56. The van der Waals surface area contributed by atoms with Crippen LogP contribution in [-0.4, -0.2) is 65.5 Å². The molecule has 0 aromatic heterocycles. The molecule has 0 saturated carbocycles. The highest BCUT2D eigenvalue weighted by atomic mass is 32.2. The maximum absolute atomic E-state index is 12.7. The molecule has 1 N–H and O–H groups in total. The normalized spacial score (nSPS) is 18.4. The van der Waals surface area contributed by atoms with Gasteiger partial charge in [-0.15, -0.1) is 0 Å². The summed E-state index contributed by atoms with van der Waals surface area (Å²) in [4.78, 5) is 4.61. The Balaban J connectivity index is 1.46. The number of benzene rings is 2. The van der Waals surface area contributed by atoms with Gasteiger partial charge in [-0.05, 0) is 35.6 Å². The van der Waals surface area contributed by atoms with Crippen molar-refractivity contribution in [3.63, 3.8) is 0 Å². The number of anilines is 1. The molecule has 2 heterocycles. The zero-order valence-corrected chi connectivity index (χ0v) is 18.4. The Kier molecular flexibility index (Phi) is 6.73. The van der Waals surface area contributed by atoms with E-state index in [1.807, 2.05) is 30.3 Å². The van der Waals surface area contributed by atoms with Crippen molar-refractivity contribution in [1.29, 1.82) is 0 Å². The quantitative estimate of drug-likeness (QED) is 0.697. The smallest absolute Gasteiger partial charge is 0.211 e. The first-order valence-electron chi connectivity index (χ1n) is 10.7. The van der Waals surface area contributed by atoms with E-state index in [9.17, 15) is 8.42 Å². The minimum atomic E-state index is -3.36. The summed E-state index contributed by atoms with van der Waals surface area (Å²) in [5.74, 6) is 0.0990. The van der Waals surface area contributed by atoms with Crippen LogP contribution in [0.2, 0.25) is 0 Å². The van der Waals surface area contributed by atoms with Crippen LogP contribution in [0.3, 0.4) is 0 Å². The molecule has 7 heteroatoms. The highest BCUT2D eigenvalue weighted by molar-refractivity contribution is 7.89. The van der Waals surface area contributed by atoms with Crippen LogP contribution in [0.15, 0.2) is 48.5 Å². The van der Waals surface area contributed by atoms with E-state index in [1.165, 1.54) is 16.8 Å². The van der Waals surface area contributed by atoms with E-state index >= 15 is 0 Å². The molecule has 1 fully saturated rings. The van der Waals surface area contributed by atoms with Crippen LogP contribution >= 0.6 is 0 Å². The van der Waals surface area contributed by atoms with Gasteiger partial charge in [-0.25, -0.2) is 13.1 Å². The molecule has 0 aliphatic carbocycles. The van der Waals surface area contributed by atoms with Crippen LogP contribution in [0.25, 0.3) is 0 Å². The van der Waals surface area contributed by atoms with Crippen molar-refractivity contribution in [3.05, 3.63) is 65.2 Å². The zero-order chi connectivity index (χ0) is 21.0. The predicted octanol–water partition coefficient (Wildman–Crippen LogP) is 2.21. The molecule has 2 aromatic carbocycles. The Morgan fingerprint density at radius 3 is 2.60 bits per heavy atom. The SMILES string of the molecule is CN1CCc2cc(C(CNS(=O)(=O)CCc3ccccc3)N3CCOCC3)ccc21. The molecule has 0 spiro atoms. The van der Waals surface area contributed by atoms with E-state index < -0.39 is 10.0 Å². The first-order chi connectivity index (χ1) is 14.5. The van der Waals surface area contributed by atoms with E-state index in [0.29, 0.717) is 26.2 Å². The molecular formula is C23H31N3O3S. The Bertz CT molecular complexity index is 943. The van der Waals surface area contributed by atoms with Crippen molar-refractivity contribution in [2.24, 2.45) is 0 Å². The maximum Gasteiger partial charge on any atom is 0.211 e. The third-order valence-electron chi connectivity index (χ3n) is 6.10. The van der Waals surface area contributed by atoms with E-state index in [0.717, 1.165) is 31.6 Å². The summed E-state index contributed by atoms with van der Waals surface area (Å²) in [6, 6.07) is 16.4. The number of nitrogens with zero attached hydrogens (tertiary/aromatic N) is 2. The molecule has 162 valence electrons. The molecule has 4 rings (SSSR count). The van der Waals surface area contributed by atoms with Gasteiger partial charge in [0.2, 0.25) is 10.0 Å². The fraction of sp³-hybridized carbons (Fsp3) is 0.478. The maximum atomic E-state index is 12.7. The van der Waals surface area contributed by atoms with Crippen LogP contribution in [0, 0.1) is 0 Å². The average Bonchev–Trinajstić information content (AvgIpc) is 3.14. The van der Waals surface area contributed by atoms with Crippen LogP contribution in [0.5, 0.6) is 0 Å². The molecule has 1 atom stereocenters. The highest BCUT2D eigenvalue weighted by Gasteiger charge is 2.26. The van der Waals surface area contributed by atoms with E-state index in [-0.39, 0.29) is 11.8 Å². The van der Waals surface area contributed by atoms with E-state index in [2.05, 4.69) is 39.8 Å². The van der Waals surface area contributed by atoms with Crippen molar-refractivity contribution in [2.45, 2.75) is 18.9 Å². The van der Waals surface area contributed by atoms with Crippen molar-refractivity contribution >= 4 is 15.7 Å². The molecule has 1 unspecified atom stereocenters. The van der Waals surface area contributed by atoms with Gasteiger partial charge in [0, 0.05) is 45.0 Å². The third-order valence-corrected chi connectivity index (χ3v) is 7.45. The minimum absolute atomic E-state index is 0.0107. The highest BCUT2D eigenvalue weighted by Crippen LogP contribution is 2.31. The van der Waals surface area contributed by atoms with Gasteiger partial charge in [0.25, 0.3) is 0 Å². The molecule has 6 nitrogen and oxygen atoms in total. The Morgan fingerprint density at radius 1 is 1.07 bits per heavy atom. The molecule has 2 aliphatic heterocycles. The number of likely N-dealkylation sites (N-methyl/N-ethyl adjacent to an activating group) is 1. The summed E-state index contributed by atoms with van der Waals surface area (Å²) in [7, 11) is -1.24. The lowest BCUT2D eigenvalue weighted by atomic mass is 10.0. The Morgan fingerprint density at radius 2 is 1.83 bits per heavy atom. The van der Waals surface area contributed by atoms with Gasteiger partial charge in [-0.2, -0.15) is 0 Å². The van der Waals surface area contributed by atoms with Crippen LogP contribution in [0.1, 0.15) is 22.7 Å². The second kappa shape index (κ2) is 9.47. The second-order valence-corrected chi connectivity index (χ2v) is 10.1. The van der Waals surface area contributed by atoms with Crippen molar-refractivity contribution < 1.29 is 13.2 Å². The number of morpholine rings is 1. The van der Waals surface area contributed by atoms with Gasteiger partial charge in [0.15, 0.2) is 0 Å². The number of rotatable bonds is 8. The Hall–Kier alpha value is -1.93. The standard InChI is InChI=1S/C23H31N3O3S/c1-25-11-9-21-17-20(7-8-22(21)25)23(26-12-14-29-15-13-26)18-24-30(27,28)16-10-19-5-3-2-4-6-19/h2-8,17,23-24H,9-16,18H2,1H3. The monoisotopic (exact) mass is 429 g/mol. The number of hydrogen-bond acceptors (Lipinski definition) is 5. The first kappa shape index (κ1) is 21.3. The van der Waals surface area contributed by atoms with Crippen molar-refractivity contribution in [3.8, 4) is 0 Å². The van der Waals surface area contributed by atoms with Gasteiger partial charge >= 0.3 is 0 Å². The Labute approximate surface area is 179 Å². The lowest BCUT2D eigenvalue weighted by molar-refractivity contribution is 0.0172. The molecule has 2 aliphatic rings. The molecule has 0 radical (unpaired) electrons. The molecule has 30 heavy (non-hydrogen) atoms. The van der Waals surface area contributed by atoms with Gasteiger partial charge in [0.1, 0.15) is 0 Å². The fourth-order valence-corrected chi connectivity index (χ4v) is 5.38. The first-order valence-corrected chi connectivity index (χ1v) is 12.3. The van der Waals surface area contributed by atoms with Crippen molar-refractivity contribution in [1.82, 2.24) is 9.62 Å². The van der Waals surface area contributed by atoms with Crippen molar-refractivity contribution in [2.75, 3.05) is 57.1 Å². The van der Waals surface area contributed by atoms with E-state index in [1.54, 1.807) is 0 Å². The second-order valence-electron chi connectivity index (χ2n) is 8.13. The summed E-state index contributed by atoms with van der Waals surface area (Å²) < 4.78 is 33.8. The van der Waals surface area contributed by atoms with Gasteiger partial charge in [0.05, 0.1) is 19.0 Å². The molecule has 1 saturated heterocycles. The lowest BCUT2D eigenvalue weighted by Gasteiger charge is -2.35.